The highest BCUT2D eigenvalue weighted by Gasteiger charge is 2.27. The number of hydrogen-bond donors (Lipinski definition) is 2. The molecule has 9 nitrogen and oxygen atoms in total. The van der Waals surface area contributed by atoms with Gasteiger partial charge >= 0.3 is 0 Å². The average Bonchev–Trinajstić information content (AvgIpc) is 3.01. The minimum absolute atomic E-state index is 0.0241. The number of nitrogens with one attached hydrogen (secondary N) is 2. The van der Waals surface area contributed by atoms with E-state index in [9.17, 15) is 4.79 Å². The van der Waals surface area contributed by atoms with E-state index in [0.717, 1.165) is 17.9 Å². The van der Waals surface area contributed by atoms with Crippen molar-refractivity contribution in [1.29, 1.82) is 0 Å². The van der Waals surface area contributed by atoms with Crippen molar-refractivity contribution in [2.45, 2.75) is 24.9 Å². The number of aryl methyl sites for hydroxylation is 1. The number of anilines is 2. The van der Waals surface area contributed by atoms with Gasteiger partial charge in [0, 0.05) is 45.7 Å². The summed E-state index contributed by atoms with van der Waals surface area (Å²) in [6.07, 6.45) is 5.98. The smallest absolute Gasteiger partial charge is 0.226 e. The van der Waals surface area contributed by atoms with Gasteiger partial charge < -0.3 is 24.8 Å². The number of amides is 1. The molecular weight excluding hydrogens is 334 g/mol. The molecule has 1 aliphatic heterocycles. The van der Waals surface area contributed by atoms with E-state index < -0.39 is 0 Å². The predicted molar refractivity (Wildman–Crippen MR) is 98.0 cm³/mol. The first-order valence-corrected chi connectivity index (χ1v) is 8.61. The van der Waals surface area contributed by atoms with Crippen LogP contribution in [0.1, 0.15) is 12.1 Å². The standard InChI is InChI=1S/C17H25N7O2/c1-23(2)16-7-15(19-10-20-16)21-14-9-26-5-4-13(14)22-17(25)6-12-8-18-11-24(12)3/h7-8,10-11,13-14H,4-6,9H2,1-3H3,(H,22,25)(H,19,20,21)/t13-,14+/m0/s1. The molecule has 140 valence electrons. The Morgan fingerprint density at radius 1 is 1.38 bits per heavy atom. The Bertz CT molecular complexity index is 746. The van der Waals surface area contributed by atoms with Crippen molar-refractivity contribution in [3.8, 4) is 0 Å². The van der Waals surface area contributed by atoms with Crippen molar-refractivity contribution in [3.63, 3.8) is 0 Å². The topological polar surface area (TPSA) is 97.2 Å². The lowest BCUT2D eigenvalue weighted by atomic mass is 10.0. The first-order valence-electron chi connectivity index (χ1n) is 8.61. The van der Waals surface area contributed by atoms with Crippen LogP contribution in [0, 0.1) is 0 Å². The molecule has 0 saturated carbocycles. The highest BCUT2D eigenvalue weighted by atomic mass is 16.5. The van der Waals surface area contributed by atoms with Crippen LogP contribution in [0.15, 0.2) is 24.9 Å². The molecule has 1 aliphatic rings. The van der Waals surface area contributed by atoms with Gasteiger partial charge in [0.15, 0.2) is 0 Å². The summed E-state index contributed by atoms with van der Waals surface area (Å²) in [4.78, 5) is 26.9. The minimum atomic E-state index is -0.0517. The maximum atomic E-state index is 12.4. The van der Waals surface area contributed by atoms with Crippen LogP contribution in [0.25, 0.3) is 0 Å². The van der Waals surface area contributed by atoms with Crippen LogP contribution in [-0.2, 0) is 23.0 Å². The van der Waals surface area contributed by atoms with E-state index in [0.29, 0.717) is 25.5 Å². The summed E-state index contributed by atoms with van der Waals surface area (Å²) in [5, 5.41) is 6.48. The van der Waals surface area contributed by atoms with Crippen LogP contribution < -0.4 is 15.5 Å². The number of imidazole rings is 1. The molecule has 2 aromatic heterocycles. The summed E-state index contributed by atoms with van der Waals surface area (Å²) in [6, 6.07) is 1.80. The minimum Gasteiger partial charge on any atom is -0.379 e. The van der Waals surface area contributed by atoms with Gasteiger partial charge in [0.25, 0.3) is 0 Å². The molecule has 1 saturated heterocycles. The lowest BCUT2D eigenvalue weighted by Crippen LogP contribution is -2.52. The molecule has 0 radical (unpaired) electrons. The van der Waals surface area contributed by atoms with Gasteiger partial charge in [-0.15, -0.1) is 0 Å². The monoisotopic (exact) mass is 359 g/mol. The van der Waals surface area contributed by atoms with Crippen LogP contribution in [0.3, 0.4) is 0 Å². The van der Waals surface area contributed by atoms with Crippen LogP contribution in [0.4, 0.5) is 11.6 Å². The molecule has 1 amide bonds. The first kappa shape index (κ1) is 18.1. The summed E-state index contributed by atoms with van der Waals surface area (Å²) in [5.41, 5.74) is 0.880. The van der Waals surface area contributed by atoms with E-state index in [-0.39, 0.29) is 18.0 Å². The van der Waals surface area contributed by atoms with Gasteiger partial charge in [-0.3, -0.25) is 4.79 Å². The Kier molecular flexibility index (Phi) is 5.67. The van der Waals surface area contributed by atoms with E-state index >= 15 is 0 Å². The second-order valence-corrected chi connectivity index (χ2v) is 6.62. The lowest BCUT2D eigenvalue weighted by molar-refractivity contribution is -0.121. The van der Waals surface area contributed by atoms with Gasteiger partial charge in [-0.25, -0.2) is 15.0 Å². The first-order chi connectivity index (χ1) is 12.5. The number of rotatable bonds is 6. The molecule has 0 bridgehead atoms. The summed E-state index contributed by atoms with van der Waals surface area (Å²) in [5.74, 6) is 1.50. The molecule has 3 heterocycles. The molecule has 0 aromatic carbocycles. The van der Waals surface area contributed by atoms with Crippen molar-refractivity contribution in [2.75, 3.05) is 37.5 Å². The number of carbonyl (C=O) groups excluding carboxylic acids is 1. The number of carbonyl (C=O) groups is 1. The van der Waals surface area contributed by atoms with Gasteiger partial charge in [-0.05, 0) is 6.42 Å². The highest BCUT2D eigenvalue weighted by Crippen LogP contribution is 2.16. The highest BCUT2D eigenvalue weighted by molar-refractivity contribution is 5.78. The van der Waals surface area contributed by atoms with E-state index in [2.05, 4.69) is 25.6 Å². The fourth-order valence-electron chi connectivity index (χ4n) is 2.89. The Balaban J connectivity index is 1.63. The number of aromatic nitrogens is 4. The van der Waals surface area contributed by atoms with Crippen molar-refractivity contribution < 1.29 is 9.53 Å². The van der Waals surface area contributed by atoms with Crippen molar-refractivity contribution in [1.82, 2.24) is 24.8 Å². The second-order valence-electron chi connectivity index (χ2n) is 6.62. The van der Waals surface area contributed by atoms with Gasteiger partial charge in [-0.1, -0.05) is 0 Å². The fraction of sp³-hybridized carbons (Fsp3) is 0.529. The summed E-state index contributed by atoms with van der Waals surface area (Å²) < 4.78 is 7.44. The normalized spacial score (nSPS) is 19.8. The largest absolute Gasteiger partial charge is 0.379 e. The van der Waals surface area contributed by atoms with Crippen LogP contribution >= 0.6 is 0 Å². The van der Waals surface area contributed by atoms with Crippen molar-refractivity contribution in [2.24, 2.45) is 7.05 Å². The zero-order chi connectivity index (χ0) is 18.5. The van der Waals surface area contributed by atoms with Gasteiger partial charge in [0.1, 0.15) is 18.0 Å². The molecule has 1 fully saturated rings. The molecule has 26 heavy (non-hydrogen) atoms. The maximum Gasteiger partial charge on any atom is 0.226 e. The lowest BCUT2D eigenvalue weighted by Gasteiger charge is -2.33. The van der Waals surface area contributed by atoms with E-state index in [1.807, 2.05) is 36.7 Å². The molecule has 3 rings (SSSR count). The SMILES string of the molecule is CN(C)c1cc(N[C@@H]2COCC[C@@H]2NC(=O)Cc2cncn2C)ncn1. The maximum absolute atomic E-state index is 12.4. The summed E-state index contributed by atoms with van der Waals surface area (Å²) >= 11 is 0. The summed E-state index contributed by atoms with van der Waals surface area (Å²) in [6.45, 7) is 1.14. The number of ether oxygens (including phenoxy) is 1. The quantitative estimate of drug-likeness (QED) is 0.761. The fourth-order valence-corrected chi connectivity index (χ4v) is 2.89. The van der Waals surface area contributed by atoms with E-state index in [1.54, 1.807) is 12.5 Å². The molecule has 2 N–H and O–H groups in total. The third-order valence-electron chi connectivity index (χ3n) is 4.40. The molecular formula is C17H25N7O2. The van der Waals surface area contributed by atoms with Crippen molar-refractivity contribution in [3.05, 3.63) is 30.6 Å². The third kappa shape index (κ3) is 4.48. The second kappa shape index (κ2) is 8.13. The Morgan fingerprint density at radius 2 is 2.23 bits per heavy atom. The van der Waals surface area contributed by atoms with E-state index in [1.165, 1.54) is 6.33 Å². The molecule has 0 aliphatic carbocycles. The van der Waals surface area contributed by atoms with Crippen LogP contribution in [0.5, 0.6) is 0 Å². The van der Waals surface area contributed by atoms with E-state index in [4.69, 9.17) is 4.74 Å². The third-order valence-corrected chi connectivity index (χ3v) is 4.40. The van der Waals surface area contributed by atoms with Gasteiger partial charge in [0.2, 0.25) is 5.91 Å². The van der Waals surface area contributed by atoms with Gasteiger partial charge in [0.05, 0.1) is 31.4 Å². The van der Waals surface area contributed by atoms with Crippen molar-refractivity contribution >= 4 is 17.5 Å². The van der Waals surface area contributed by atoms with Gasteiger partial charge in [-0.2, -0.15) is 0 Å². The molecule has 0 unspecified atom stereocenters. The Hall–Kier alpha value is -2.68. The summed E-state index contributed by atoms with van der Waals surface area (Å²) in [7, 11) is 5.74. The molecule has 2 aromatic rings. The van der Waals surface area contributed by atoms with Crippen LogP contribution in [0.2, 0.25) is 0 Å². The Morgan fingerprint density at radius 3 is 2.96 bits per heavy atom. The molecule has 9 heteroatoms. The Labute approximate surface area is 152 Å². The zero-order valence-electron chi connectivity index (χ0n) is 15.3. The molecule has 0 spiro atoms. The average molecular weight is 359 g/mol. The van der Waals surface area contributed by atoms with Crippen LogP contribution in [-0.4, -0.2) is 64.8 Å². The number of hydrogen-bond acceptors (Lipinski definition) is 7. The number of nitrogens with zero attached hydrogens (tertiary/aromatic N) is 5. The molecule has 2 atom stereocenters. The predicted octanol–water partition coefficient (Wildman–Crippen LogP) is 0.204. The zero-order valence-corrected chi connectivity index (χ0v) is 15.3.